The van der Waals surface area contributed by atoms with Crippen molar-refractivity contribution in [1.82, 2.24) is 0 Å². The summed E-state index contributed by atoms with van der Waals surface area (Å²) in [6, 6.07) is 10.1. The first kappa shape index (κ1) is 14.7. The van der Waals surface area contributed by atoms with Gasteiger partial charge in [-0.1, -0.05) is 51.1 Å². The molecule has 2 heteroatoms. The molecular weight excluding hydrogens is 224 g/mol. The van der Waals surface area contributed by atoms with Crippen LogP contribution in [-0.2, 0) is 16.0 Å². The average Bonchev–Trinajstić information content (AvgIpc) is 2.24. The van der Waals surface area contributed by atoms with Crippen molar-refractivity contribution < 1.29 is 9.53 Å². The lowest BCUT2D eigenvalue weighted by atomic mass is 9.77. The Kier molecular flexibility index (Phi) is 4.94. The van der Waals surface area contributed by atoms with Gasteiger partial charge >= 0.3 is 5.97 Å². The molecule has 0 aliphatic carbocycles. The van der Waals surface area contributed by atoms with Crippen LogP contribution in [0.15, 0.2) is 30.3 Å². The number of rotatable bonds is 4. The first-order valence-corrected chi connectivity index (χ1v) is 6.55. The zero-order valence-electron chi connectivity index (χ0n) is 12.1. The zero-order chi connectivity index (χ0) is 13.8. The van der Waals surface area contributed by atoms with Crippen molar-refractivity contribution in [3.05, 3.63) is 35.9 Å². The van der Waals surface area contributed by atoms with Crippen molar-refractivity contribution in [3.8, 4) is 0 Å². The third kappa shape index (κ3) is 4.52. The van der Waals surface area contributed by atoms with Gasteiger partial charge in [-0.15, -0.1) is 0 Å². The lowest BCUT2D eigenvalue weighted by molar-refractivity contribution is -0.156. The van der Waals surface area contributed by atoms with Crippen LogP contribution in [0.5, 0.6) is 0 Å². The molecule has 1 aromatic rings. The second-order valence-electron chi connectivity index (χ2n) is 6.09. The predicted molar refractivity (Wildman–Crippen MR) is 74.3 cm³/mol. The van der Waals surface area contributed by atoms with Crippen LogP contribution in [0.4, 0.5) is 0 Å². The Morgan fingerprint density at radius 1 is 1.17 bits per heavy atom. The Labute approximate surface area is 110 Å². The summed E-state index contributed by atoms with van der Waals surface area (Å²) in [6.45, 7) is 10.0. The van der Waals surface area contributed by atoms with Crippen LogP contribution >= 0.6 is 0 Å². The quantitative estimate of drug-likeness (QED) is 0.757. The fourth-order valence-corrected chi connectivity index (χ4v) is 1.91. The van der Waals surface area contributed by atoms with E-state index in [0.717, 1.165) is 6.42 Å². The minimum atomic E-state index is -0.109. The summed E-state index contributed by atoms with van der Waals surface area (Å²) in [5.41, 5.74) is 1.08. The number of hydrogen-bond acceptors (Lipinski definition) is 2. The van der Waals surface area contributed by atoms with E-state index in [1.807, 2.05) is 32.0 Å². The van der Waals surface area contributed by atoms with Crippen LogP contribution in [0.1, 0.15) is 40.2 Å². The molecule has 0 N–H and O–H groups in total. The zero-order valence-corrected chi connectivity index (χ0v) is 12.1. The smallest absolute Gasteiger partial charge is 0.310 e. The number of hydrogen-bond donors (Lipinski definition) is 0. The summed E-state index contributed by atoms with van der Waals surface area (Å²) in [5, 5.41) is 0. The van der Waals surface area contributed by atoms with E-state index in [0.29, 0.717) is 0 Å². The fourth-order valence-electron chi connectivity index (χ4n) is 1.91. The van der Waals surface area contributed by atoms with E-state index in [4.69, 9.17) is 4.74 Å². The molecule has 0 amide bonds. The van der Waals surface area contributed by atoms with Crippen LogP contribution in [0.3, 0.4) is 0 Å². The normalized spacial score (nSPS) is 13.4. The molecule has 18 heavy (non-hydrogen) atoms. The van der Waals surface area contributed by atoms with Gasteiger partial charge in [-0.2, -0.15) is 0 Å². The lowest BCUT2D eigenvalue weighted by Gasteiger charge is -2.29. The van der Waals surface area contributed by atoms with Gasteiger partial charge < -0.3 is 4.74 Å². The molecule has 2 nitrogen and oxygen atoms in total. The maximum absolute atomic E-state index is 12.2. The maximum Gasteiger partial charge on any atom is 0.310 e. The van der Waals surface area contributed by atoms with Crippen molar-refractivity contribution in [1.29, 1.82) is 0 Å². The molecule has 100 valence electrons. The van der Waals surface area contributed by atoms with Gasteiger partial charge in [-0.25, -0.2) is 0 Å². The predicted octanol–water partition coefficient (Wildman–Crippen LogP) is 3.84. The van der Waals surface area contributed by atoms with Gasteiger partial charge in [0.25, 0.3) is 0 Å². The molecule has 0 aliphatic heterocycles. The van der Waals surface area contributed by atoms with Crippen LogP contribution in [0.25, 0.3) is 0 Å². The molecule has 1 atom stereocenters. The third-order valence-corrected chi connectivity index (χ3v) is 2.96. The van der Waals surface area contributed by atoms with E-state index in [1.165, 1.54) is 5.56 Å². The Morgan fingerprint density at radius 3 is 2.17 bits per heavy atom. The average molecular weight is 248 g/mol. The van der Waals surface area contributed by atoms with Gasteiger partial charge in [0.2, 0.25) is 0 Å². The number of carbonyl (C=O) groups excluding carboxylic acids is 1. The molecule has 0 bridgehead atoms. The molecule has 0 aliphatic rings. The van der Waals surface area contributed by atoms with Crippen molar-refractivity contribution in [2.75, 3.05) is 0 Å². The molecular formula is C16H24O2. The molecule has 1 aromatic carbocycles. The first-order chi connectivity index (χ1) is 8.30. The number of esters is 1. The Hall–Kier alpha value is -1.31. The second-order valence-corrected chi connectivity index (χ2v) is 6.09. The SMILES string of the molecule is CC(C)OC(=O)[C@@H](Cc1ccccc1)C(C)(C)C. The highest BCUT2D eigenvalue weighted by molar-refractivity contribution is 5.73. The van der Waals surface area contributed by atoms with Crippen molar-refractivity contribution in [2.45, 2.75) is 47.1 Å². The van der Waals surface area contributed by atoms with Gasteiger partial charge in [0.15, 0.2) is 0 Å². The highest BCUT2D eigenvalue weighted by Gasteiger charge is 2.33. The summed E-state index contributed by atoms with van der Waals surface area (Å²) in [6.07, 6.45) is 0.675. The minimum absolute atomic E-state index is 0.0573. The molecule has 0 aromatic heterocycles. The standard InChI is InChI=1S/C16H24O2/c1-12(2)18-15(17)14(16(3,4)5)11-13-9-7-6-8-10-13/h6-10,12,14H,11H2,1-5H3/t14-/m1/s1. The lowest BCUT2D eigenvalue weighted by Crippen LogP contribution is -2.33. The van der Waals surface area contributed by atoms with E-state index < -0.39 is 0 Å². The van der Waals surface area contributed by atoms with E-state index >= 15 is 0 Å². The van der Waals surface area contributed by atoms with E-state index in [-0.39, 0.29) is 23.4 Å². The van der Waals surface area contributed by atoms with Gasteiger partial charge in [0.1, 0.15) is 0 Å². The molecule has 0 saturated heterocycles. The second kappa shape index (κ2) is 6.03. The van der Waals surface area contributed by atoms with Gasteiger partial charge in [-0.05, 0) is 31.2 Å². The number of benzene rings is 1. The van der Waals surface area contributed by atoms with E-state index in [1.54, 1.807) is 0 Å². The van der Waals surface area contributed by atoms with Crippen LogP contribution < -0.4 is 0 Å². The Bertz CT molecular complexity index is 374. The summed E-state index contributed by atoms with van der Waals surface area (Å²) >= 11 is 0. The molecule has 0 radical (unpaired) electrons. The molecule has 0 spiro atoms. The molecule has 0 saturated carbocycles. The summed E-state index contributed by atoms with van der Waals surface area (Å²) < 4.78 is 5.37. The molecule has 0 heterocycles. The molecule has 0 fully saturated rings. The fraction of sp³-hybridized carbons (Fsp3) is 0.562. The molecule has 1 rings (SSSR count). The van der Waals surface area contributed by atoms with Crippen molar-refractivity contribution in [3.63, 3.8) is 0 Å². The van der Waals surface area contributed by atoms with Gasteiger partial charge in [0, 0.05) is 0 Å². The number of carbonyl (C=O) groups is 1. The Morgan fingerprint density at radius 2 is 1.72 bits per heavy atom. The minimum Gasteiger partial charge on any atom is -0.463 e. The van der Waals surface area contributed by atoms with Crippen molar-refractivity contribution >= 4 is 5.97 Å². The number of ether oxygens (including phenoxy) is 1. The van der Waals surface area contributed by atoms with E-state index in [2.05, 4.69) is 32.9 Å². The summed E-state index contributed by atoms with van der Waals surface area (Å²) in [5.74, 6) is -0.205. The monoisotopic (exact) mass is 248 g/mol. The third-order valence-electron chi connectivity index (χ3n) is 2.96. The van der Waals surface area contributed by atoms with Crippen LogP contribution in [0.2, 0.25) is 0 Å². The van der Waals surface area contributed by atoms with Crippen molar-refractivity contribution in [2.24, 2.45) is 11.3 Å². The van der Waals surface area contributed by atoms with Gasteiger partial charge in [0.05, 0.1) is 12.0 Å². The topological polar surface area (TPSA) is 26.3 Å². The van der Waals surface area contributed by atoms with Crippen LogP contribution in [0, 0.1) is 11.3 Å². The van der Waals surface area contributed by atoms with Gasteiger partial charge in [-0.3, -0.25) is 4.79 Å². The summed E-state index contributed by atoms with van der Waals surface area (Å²) in [7, 11) is 0. The maximum atomic E-state index is 12.2. The largest absolute Gasteiger partial charge is 0.463 e. The highest BCUT2D eigenvalue weighted by Crippen LogP contribution is 2.30. The first-order valence-electron chi connectivity index (χ1n) is 6.55. The molecule has 0 unspecified atom stereocenters. The van der Waals surface area contributed by atoms with Crippen LogP contribution in [-0.4, -0.2) is 12.1 Å². The highest BCUT2D eigenvalue weighted by atomic mass is 16.5. The van der Waals surface area contributed by atoms with E-state index in [9.17, 15) is 4.79 Å². The Balaban J connectivity index is 2.83. The summed E-state index contributed by atoms with van der Waals surface area (Å²) in [4.78, 5) is 12.2.